The lowest BCUT2D eigenvalue weighted by molar-refractivity contribution is 0.589. The van der Waals surface area contributed by atoms with E-state index in [-0.39, 0.29) is 10.8 Å². The number of hydrogen-bond acceptors (Lipinski definition) is 3. The highest BCUT2D eigenvalue weighted by Gasteiger charge is 2.18. The maximum Gasteiger partial charge on any atom is 0.0849 e. The summed E-state index contributed by atoms with van der Waals surface area (Å²) in [6.45, 7) is 26.1. The second-order valence-corrected chi connectivity index (χ2v) is 12.2. The Kier molecular flexibility index (Phi) is 7.74. The quantitative estimate of drug-likeness (QED) is 0.342. The molecule has 0 unspecified atom stereocenters. The van der Waals surface area contributed by atoms with Crippen molar-refractivity contribution >= 4 is 22.8 Å². The molecular formula is C33H43N3. The molecule has 190 valence electrons. The number of benzene rings is 2. The first kappa shape index (κ1) is 27.5. The molecule has 0 aliphatic rings. The number of hydrogen-bond donors (Lipinski definition) is 0. The molecule has 1 aromatic heterocycles. The number of pyridine rings is 1. The SMILES string of the molecule is CC(=Nc1c(C)cc(C(C)(C)C)cc1C)c1cccc(C(C)=Nc2c(C)cc(C(C)(C)C)cc2C)n1. The van der Waals surface area contributed by atoms with Crippen LogP contribution in [0.4, 0.5) is 11.4 Å². The van der Waals surface area contributed by atoms with Gasteiger partial charge in [0.2, 0.25) is 0 Å². The van der Waals surface area contributed by atoms with E-state index in [4.69, 9.17) is 15.0 Å². The van der Waals surface area contributed by atoms with Crippen molar-refractivity contribution in [3.63, 3.8) is 0 Å². The lowest BCUT2D eigenvalue weighted by atomic mass is 9.85. The van der Waals surface area contributed by atoms with Crippen molar-refractivity contribution in [3.8, 4) is 0 Å². The Morgan fingerprint density at radius 2 is 0.889 bits per heavy atom. The van der Waals surface area contributed by atoms with Gasteiger partial charge in [0.05, 0.1) is 34.2 Å². The molecule has 3 rings (SSSR count). The Labute approximate surface area is 218 Å². The Morgan fingerprint density at radius 1 is 0.583 bits per heavy atom. The molecule has 1 heterocycles. The van der Waals surface area contributed by atoms with Crippen LogP contribution in [0.25, 0.3) is 0 Å². The van der Waals surface area contributed by atoms with Gasteiger partial charge in [-0.25, -0.2) is 4.98 Å². The highest BCUT2D eigenvalue weighted by atomic mass is 14.8. The van der Waals surface area contributed by atoms with Crippen LogP contribution in [0.3, 0.4) is 0 Å². The number of rotatable bonds is 4. The van der Waals surface area contributed by atoms with Gasteiger partial charge in [-0.15, -0.1) is 0 Å². The molecule has 0 bridgehead atoms. The van der Waals surface area contributed by atoms with Crippen molar-refractivity contribution in [2.75, 3.05) is 0 Å². The zero-order valence-corrected chi connectivity index (χ0v) is 24.4. The summed E-state index contributed by atoms with van der Waals surface area (Å²) in [6, 6.07) is 15.1. The summed E-state index contributed by atoms with van der Waals surface area (Å²) >= 11 is 0. The molecule has 0 radical (unpaired) electrons. The Bertz CT molecular complexity index is 1200. The van der Waals surface area contributed by atoms with E-state index in [1.54, 1.807) is 0 Å². The van der Waals surface area contributed by atoms with Crippen LogP contribution >= 0.6 is 0 Å². The number of aliphatic imine (C=N–C) groups is 2. The third-order valence-corrected chi connectivity index (χ3v) is 6.76. The molecule has 0 spiro atoms. The van der Waals surface area contributed by atoms with Crippen molar-refractivity contribution in [2.45, 2.75) is 93.9 Å². The van der Waals surface area contributed by atoms with Crippen LogP contribution in [0.5, 0.6) is 0 Å². The molecule has 0 saturated carbocycles. The first-order valence-electron chi connectivity index (χ1n) is 12.9. The average molecular weight is 482 g/mol. The molecule has 36 heavy (non-hydrogen) atoms. The largest absolute Gasteiger partial charge is 0.251 e. The second-order valence-electron chi connectivity index (χ2n) is 12.2. The van der Waals surface area contributed by atoms with Gasteiger partial charge in [0, 0.05) is 0 Å². The van der Waals surface area contributed by atoms with Gasteiger partial charge in [-0.3, -0.25) is 9.98 Å². The monoisotopic (exact) mass is 481 g/mol. The molecule has 0 saturated heterocycles. The maximum atomic E-state index is 5.01. The topological polar surface area (TPSA) is 37.6 Å². The van der Waals surface area contributed by atoms with Crippen LogP contribution in [0, 0.1) is 27.7 Å². The van der Waals surface area contributed by atoms with Crippen molar-refractivity contribution in [1.29, 1.82) is 0 Å². The Hall–Kier alpha value is -3.07. The summed E-state index contributed by atoms with van der Waals surface area (Å²) in [5, 5.41) is 0. The average Bonchev–Trinajstić information content (AvgIpc) is 2.77. The van der Waals surface area contributed by atoms with Crippen molar-refractivity contribution in [1.82, 2.24) is 4.98 Å². The summed E-state index contributed by atoms with van der Waals surface area (Å²) in [6.07, 6.45) is 0. The van der Waals surface area contributed by atoms with E-state index in [1.807, 2.05) is 32.0 Å². The highest BCUT2D eigenvalue weighted by Crippen LogP contribution is 2.33. The molecule has 3 nitrogen and oxygen atoms in total. The fourth-order valence-electron chi connectivity index (χ4n) is 4.42. The van der Waals surface area contributed by atoms with Gasteiger partial charge in [0.25, 0.3) is 0 Å². The molecule has 0 aliphatic carbocycles. The first-order valence-corrected chi connectivity index (χ1v) is 12.9. The molecule has 0 aliphatic heterocycles. The standard InChI is InChI=1S/C33H43N3/c1-20-16-26(32(7,8)9)17-21(2)30(20)34-24(5)28-14-13-15-29(36-28)25(6)35-31-22(3)18-27(19-23(31)4)33(10,11)12/h13-19H,1-12H3. The van der Waals surface area contributed by atoms with Crippen molar-refractivity contribution in [3.05, 3.63) is 87.2 Å². The molecule has 0 fully saturated rings. The van der Waals surface area contributed by atoms with Crippen LogP contribution in [0.15, 0.2) is 52.4 Å². The molecule has 0 atom stereocenters. The summed E-state index contributed by atoms with van der Waals surface area (Å²) in [5.74, 6) is 0. The lowest BCUT2D eigenvalue weighted by Crippen LogP contribution is -2.12. The summed E-state index contributed by atoms with van der Waals surface area (Å²) in [5.41, 5.74) is 13.3. The number of nitrogens with zero attached hydrogens (tertiary/aromatic N) is 3. The van der Waals surface area contributed by atoms with Gasteiger partial charge < -0.3 is 0 Å². The van der Waals surface area contributed by atoms with E-state index >= 15 is 0 Å². The van der Waals surface area contributed by atoms with E-state index in [9.17, 15) is 0 Å². The molecular weight excluding hydrogens is 438 g/mol. The predicted molar refractivity (Wildman–Crippen MR) is 157 cm³/mol. The van der Waals surface area contributed by atoms with Gasteiger partial charge in [-0.2, -0.15) is 0 Å². The fourth-order valence-corrected chi connectivity index (χ4v) is 4.42. The summed E-state index contributed by atoms with van der Waals surface area (Å²) in [7, 11) is 0. The van der Waals surface area contributed by atoms with Gasteiger partial charge in [0.1, 0.15) is 0 Å². The Morgan fingerprint density at radius 3 is 1.17 bits per heavy atom. The molecule has 3 heteroatoms. The zero-order valence-electron chi connectivity index (χ0n) is 24.4. The van der Waals surface area contributed by atoms with E-state index in [1.165, 1.54) is 33.4 Å². The van der Waals surface area contributed by atoms with Gasteiger partial charge in [-0.1, -0.05) is 71.9 Å². The van der Waals surface area contributed by atoms with Crippen LogP contribution in [-0.4, -0.2) is 16.4 Å². The highest BCUT2D eigenvalue weighted by molar-refractivity contribution is 6.02. The maximum absolute atomic E-state index is 5.01. The normalized spacial score (nSPS) is 13.3. The van der Waals surface area contributed by atoms with E-state index in [0.29, 0.717) is 0 Å². The fraction of sp³-hybridized carbons (Fsp3) is 0.424. The van der Waals surface area contributed by atoms with E-state index in [0.717, 1.165) is 34.2 Å². The minimum absolute atomic E-state index is 0.114. The number of aromatic nitrogens is 1. The molecule has 3 aromatic rings. The zero-order chi connectivity index (χ0) is 27.0. The first-order chi connectivity index (χ1) is 16.6. The van der Waals surface area contributed by atoms with E-state index in [2.05, 4.69) is 93.5 Å². The van der Waals surface area contributed by atoms with Crippen LogP contribution in [0.1, 0.15) is 100 Å². The number of aryl methyl sites for hydroxylation is 4. The van der Waals surface area contributed by atoms with Crippen LogP contribution in [0.2, 0.25) is 0 Å². The predicted octanol–water partition coefficient (Wildman–Crippen LogP) is 9.19. The van der Waals surface area contributed by atoms with Gasteiger partial charge in [0.15, 0.2) is 0 Å². The van der Waals surface area contributed by atoms with Crippen molar-refractivity contribution in [2.24, 2.45) is 9.98 Å². The lowest BCUT2D eigenvalue weighted by Gasteiger charge is -2.21. The smallest absolute Gasteiger partial charge is 0.0849 e. The molecule has 2 aromatic carbocycles. The van der Waals surface area contributed by atoms with Crippen LogP contribution < -0.4 is 0 Å². The third kappa shape index (κ3) is 6.19. The minimum atomic E-state index is 0.114. The van der Waals surface area contributed by atoms with Crippen molar-refractivity contribution < 1.29 is 0 Å². The summed E-state index contributed by atoms with van der Waals surface area (Å²) in [4.78, 5) is 15.0. The second kappa shape index (κ2) is 10.1. The Balaban J connectivity index is 1.98. The molecule has 0 amide bonds. The third-order valence-electron chi connectivity index (χ3n) is 6.76. The summed E-state index contributed by atoms with van der Waals surface area (Å²) < 4.78 is 0. The minimum Gasteiger partial charge on any atom is -0.251 e. The van der Waals surface area contributed by atoms with Gasteiger partial charge >= 0.3 is 0 Å². The van der Waals surface area contributed by atoms with Gasteiger partial charge in [-0.05, 0) is 97.9 Å². The van der Waals surface area contributed by atoms with E-state index < -0.39 is 0 Å². The molecule has 0 N–H and O–H groups in total. The van der Waals surface area contributed by atoms with Crippen LogP contribution in [-0.2, 0) is 10.8 Å².